The molecule has 146 valence electrons. The van der Waals surface area contributed by atoms with Crippen LogP contribution < -0.4 is 10.9 Å². The molecule has 2 aromatic heterocycles. The fourth-order valence-corrected chi connectivity index (χ4v) is 3.15. The summed E-state index contributed by atoms with van der Waals surface area (Å²) in [6.07, 6.45) is 3.25. The molecule has 3 aromatic rings. The van der Waals surface area contributed by atoms with Crippen molar-refractivity contribution in [1.82, 2.24) is 24.5 Å². The Bertz CT molecular complexity index is 1050. The van der Waals surface area contributed by atoms with E-state index in [4.69, 9.17) is 0 Å². The molecule has 1 amide bonds. The number of benzene rings is 1. The van der Waals surface area contributed by atoms with Crippen molar-refractivity contribution >= 4 is 11.7 Å². The van der Waals surface area contributed by atoms with Crippen LogP contribution in [-0.4, -0.2) is 31.6 Å². The molecular formula is C21H25N5O2. The van der Waals surface area contributed by atoms with Crippen LogP contribution in [0.4, 0.5) is 0 Å². The van der Waals surface area contributed by atoms with Gasteiger partial charge in [-0.05, 0) is 19.8 Å². The van der Waals surface area contributed by atoms with Gasteiger partial charge in [-0.2, -0.15) is 9.50 Å². The number of carbonyl (C=O) groups excluding carboxylic acids is 1. The van der Waals surface area contributed by atoms with E-state index < -0.39 is 0 Å². The molecule has 3 rings (SSSR count). The van der Waals surface area contributed by atoms with Crippen molar-refractivity contribution in [3.8, 4) is 11.4 Å². The van der Waals surface area contributed by atoms with Crippen LogP contribution in [0.3, 0.4) is 0 Å². The van der Waals surface area contributed by atoms with Crippen molar-refractivity contribution in [3.05, 3.63) is 64.6 Å². The van der Waals surface area contributed by atoms with E-state index in [0.29, 0.717) is 36.7 Å². The van der Waals surface area contributed by atoms with Crippen molar-refractivity contribution in [2.45, 2.75) is 39.7 Å². The van der Waals surface area contributed by atoms with Crippen molar-refractivity contribution in [3.63, 3.8) is 0 Å². The fourth-order valence-electron chi connectivity index (χ4n) is 3.15. The summed E-state index contributed by atoms with van der Waals surface area (Å²) in [5.41, 5.74) is 1.97. The fraction of sp³-hybridized carbons (Fsp3) is 0.333. The largest absolute Gasteiger partial charge is 0.356 e. The maximum atomic E-state index is 13.1. The third-order valence-corrected chi connectivity index (χ3v) is 4.64. The Hall–Kier alpha value is -3.22. The molecule has 28 heavy (non-hydrogen) atoms. The van der Waals surface area contributed by atoms with Crippen LogP contribution in [-0.2, 0) is 17.8 Å². The lowest BCUT2D eigenvalue weighted by Crippen LogP contribution is -2.29. The number of amides is 1. The van der Waals surface area contributed by atoms with E-state index in [1.54, 1.807) is 6.08 Å². The normalized spacial score (nSPS) is 10.9. The lowest BCUT2D eigenvalue weighted by molar-refractivity contribution is -0.121. The molecule has 0 saturated carbocycles. The Morgan fingerprint density at radius 2 is 2.04 bits per heavy atom. The highest BCUT2D eigenvalue weighted by Crippen LogP contribution is 2.17. The molecule has 7 heteroatoms. The molecular weight excluding hydrogens is 354 g/mol. The number of nitrogens with zero attached hydrogens (tertiary/aromatic N) is 4. The summed E-state index contributed by atoms with van der Waals surface area (Å²) in [4.78, 5) is 29.6. The summed E-state index contributed by atoms with van der Waals surface area (Å²) in [6.45, 7) is 8.82. The first-order chi connectivity index (χ1) is 13.6. The number of fused-ring (bicyclic) bond motifs is 1. The number of aromatic nitrogens is 4. The Morgan fingerprint density at radius 3 is 2.71 bits per heavy atom. The SMILES string of the molecule is C=CCn1c(C)c(CCC(=O)NCCC)c(=O)n2nc(-c3ccccc3)nc12. The average molecular weight is 379 g/mol. The minimum atomic E-state index is -0.231. The van der Waals surface area contributed by atoms with Crippen LogP contribution in [0, 0.1) is 6.92 Å². The van der Waals surface area contributed by atoms with E-state index in [9.17, 15) is 9.59 Å². The first-order valence-corrected chi connectivity index (χ1v) is 9.48. The van der Waals surface area contributed by atoms with Crippen LogP contribution in [0.1, 0.15) is 31.0 Å². The van der Waals surface area contributed by atoms with Gasteiger partial charge in [0.15, 0.2) is 5.82 Å². The summed E-state index contributed by atoms with van der Waals surface area (Å²) < 4.78 is 3.24. The van der Waals surface area contributed by atoms with Crippen molar-refractivity contribution in [2.75, 3.05) is 6.54 Å². The minimum absolute atomic E-state index is 0.0559. The Labute approximate surface area is 163 Å². The second kappa shape index (κ2) is 8.65. The van der Waals surface area contributed by atoms with E-state index in [0.717, 1.165) is 17.7 Å². The van der Waals surface area contributed by atoms with Gasteiger partial charge in [0, 0.05) is 36.3 Å². The standard InChI is InChI=1S/C21H25N5O2/c1-4-13-22-18(27)12-11-17-15(3)25(14-5-2)21-23-19(24-26(21)20(17)28)16-9-7-6-8-10-16/h5-10H,2,4,11-14H2,1,3H3,(H,22,27). The summed E-state index contributed by atoms with van der Waals surface area (Å²) in [6, 6.07) is 9.54. The Balaban J connectivity index is 2.06. The predicted octanol–water partition coefficient (Wildman–Crippen LogP) is 2.51. The van der Waals surface area contributed by atoms with Gasteiger partial charge in [-0.1, -0.05) is 43.3 Å². The zero-order valence-electron chi connectivity index (χ0n) is 16.3. The molecule has 0 radical (unpaired) electrons. The van der Waals surface area contributed by atoms with Crippen LogP contribution in [0.2, 0.25) is 0 Å². The number of hydrogen-bond donors (Lipinski definition) is 1. The highest BCUT2D eigenvalue weighted by atomic mass is 16.1. The van der Waals surface area contributed by atoms with Gasteiger partial charge < -0.3 is 9.88 Å². The summed E-state index contributed by atoms with van der Waals surface area (Å²) in [5, 5.41) is 7.29. The summed E-state index contributed by atoms with van der Waals surface area (Å²) in [7, 11) is 0. The molecule has 1 aromatic carbocycles. The second-order valence-electron chi connectivity index (χ2n) is 6.63. The molecule has 0 aliphatic rings. The number of allylic oxidation sites excluding steroid dienone is 1. The number of carbonyl (C=O) groups is 1. The molecule has 1 N–H and O–H groups in total. The molecule has 2 heterocycles. The lowest BCUT2D eigenvalue weighted by Gasteiger charge is -2.13. The molecule has 0 saturated heterocycles. The number of rotatable bonds is 8. The van der Waals surface area contributed by atoms with Crippen molar-refractivity contribution in [2.24, 2.45) is 0 Å². The first kappa shape index (κ1) is 19.5. The van der Waals surface area contributed by atoms with Crippen molar-refractivity contribution < 1.29 is 4.79 Å². The lowest BCUT2D eigenvalue weighted by atomic mass is 10.1. The molecule has 0 unspecified atom stereocenters. The van der Waals surface area contributed by atoms with Gasteiger partial charge in [0.2, 0.25) is 11.7 Å². The van der Waals surface area contributed by atoms with Crippen LogP contribution in [0.25, 0.3) is 17.2 Å². The van der Waals surface area contributed by atoms with Crippen molar-refractivity contribution in [1.29, 1.82) is 0 Å². The molecule has 0 atom stereocenters. The Kier molecular flexibility index (Phi) is 6.03. The van der Waals surface area contributed by atoms with E-state index in [-0.39, 0.29) is 17.9 Å². The van der Waals surface area contributed by atoms with Crippen LogP contribution in [0.5, 0.6) is 0 Å². The highest BCUT2D eigenvalue weighted by molar-refractivity contribution is 5.76. The molecule has 0 aliphatic carbocycles. The molecule has 0 spiro atoms. The predicted molar refractivity (Wildman–Crippen MR) is 109 cm³/mol. The van der Waals surface area contributed by atoms with E-state index in [2.05, 4.69) is 22.0 Å². The second-order valence-corrected chi connectivity index (χ2v) is 6.63. The molecule has 7 nitrogen and oxygen atoms in total. The van der Waals surface area contributed by atoms with E-state index in [1.807, 2.05) is 48.7 Å². The number of hydrogen-bond acceptors (Lipinski definition) is 4. The average Bonchev–Trinajstić information content (AvgIpc) is 3.15. The van der Waals surface area contributed by atoms with Gasteiger partial charge in [-0.3, -0.25) is 9.59 Å². The maximum Gasteiger partial charge on any atom is 0.279 e. The third-order valence-electron chi connectivity index (χ3n) is 4.64. The Morgan fingerprint density at radius 1 is 1.29 bits per heavy atom. The molecule has 0 bridgehead atoms. The van der Waals surface area contributed by atoms with Gasteiger partial charge >= 0.3 is 0 Å². The molecule has 0 aliphatic heterocycles. The topological polar surface area (TPSA) is 81.3 Å². The summed E-state index contributed by atoms with van der Waals surface area (Å²) >= 11 is 0. The van der Waals surface area contributed by atoms with Crippen LogP contribution >= 0.6 is 0 Å². The highest BCUT2D eigenvalue weighted by Gasteiger charge is 2.18. The van der Waals surface area contributed by atoms with Crippen LogP contribution in [0.15, 0.2) is 47.8 Å². The van der Waals surface area contributed by atoms with Gasteiger partial charge in [0.05, 0.1) is 0 Å². The third kappa shape index (κ3) is 3.88. The monoisotopic (exact) mass is 379 g/mol. The van der Waals surface area contributed by atoms with Gasteiger partial charge in [0.1, 0.15) is 0 Å². The van der Waals surface area contributed by atoms with Gasteiger partial charge in [-0.25, -0.2) is 0 Å². The summed E-state index contributed by atoms with van der Waals surface area (Å²) in [5.74, 6) is 0.910. The smallest absolute Gasteiger partial charge is 0.279 e. The minimum Gasteiger partial charge on any atom is -0.356 e. The zero-order valence-corrected chi connectivity index (χ0v) is 16.3. The van der Waals surface area contributed by atoms with E-state index >= 15 is 0 Å². The van der Waals surface area contributed by atoms with E-state index in [1.165, 1.54) is 4.52 Å². The first-order valence-electron chi connectivity index (χ1n) is 9.48. The maximum absolute atomic E-state index is 13.1. The zero-order chi connectivity index (χ0) is 20.1. The quantitative estimate of drug-likeness (QED) is 0.610. The molecule has 0 fully saturated rings. The number of nitrogens with one attached hydrogen (secondary N) is 1. The van der Waals surface area contributed by atoms with Gasteiger partial charge in [-0.15, -0.1) is 11.7 Å². The van der Waals surface area contributed by atoms with Gasteiger partial charge in [0.25, 0.3) is 5.56 Å².